The Kier molecular flexibility index (Phi) is 4.50. The summed E-state index contributed by atoms with van der Waals surface area (Å²) >= 11 is 0. The molecule has 2 N–H and O–H groups in total. The number of nitrogens with zero attached hydrogens (tertiary/aromatic N) is 3. The predicted molar refractivity (Wildman–Crippen MR) is 99.2 cm³/mol. The van der Waals surface area contributed by atoms with Crippen molar-refractivity contribution in [3.63, 3.8) is 0 Å². The number of benzene rings is 1. The van der Waals surface area contributed by atoms with E-state index in [0.717, 1.165) is 36.1 Å². The number of hydrogen-bond donors (Lipinski definition) is 2. The van der Waals surface area contributed by atoms with E-state index >= 15 is 0 Å². The van der Waals surface area contributed by atoms with Gasteiger partial charge in [0.2, 0.25) is 0 Å². The maximum absolute atomic E-state index is 12.5. The molecule has 0 fully saturated rings. The first-order valence-corrected chi connectivity index (χ1v) is 8.90. The summed E-state index contributed by atoms with van der Waals surface area (Å²) in [6.07, 6.45) is 4.43. The second-order valence-corrected chi connectivity index (χ2v) is 6.60. The van der Waals surface area contributed by atoms with E-state index in [9.17, 15) is 9.59 Å². The third-order valence-electron chi connectivity index (χ3n) is 4.70. The van der Waals surface area contributed by atoms with Crippen molar-refractivity contribution in [2.24, 2.45) is 0 Å². The number of nitrogens with one attached hydrogen (secondary N) is 2. The van der Waals surface area contributed by atoms with Gasteiger partial charge in [-0.1, -0.05) is 30.3 Å². The van der Waals surface area contributed by atoms with Gasteiger partial charge in [0.1, 0.15) is 11.4 Å². The van der Waals surface area contributed by atoms with Crippen LogP contribution >= 0.6 is 0 Å². The molecule has 7 nitrogen and oxygen atoms in total. The molecule has 1 aliphatic carbocycles. The van der Waals surface area contributed by atoms with Gasteiger partial charge in [-0.2, -0.15) is 5.10 Å². The fourth-order valence-corrected chi connectivity index (χ4v) is 3.28. The topological polar surface area (TPSA) is 101 Å². The Morgan fingerprint density at radius 2 is 2.04 bits per heavy atom. The highest BCUT2D eigenvalue weighted by molar-refractivity contribution is 5.97. The van der Waals surface area contributed by atoms with Gasteiger partial charge >= 0.3 is 0 Å². The van der Waals surface area contributed by atoms with E-state index < -0.39 is 0 Å². The predicted octanol–water partition coefficient (Wildman–Crippen LogP) is 2.88. The molecule has 4 rings (SSSR count). The number of aromatic amines is 1. The van der Waals surface area contributed by atoms with Gasteiger partial charge in [-0.3, -0.25) is 14.7 Å². The van der Waals surface area contributed by atoms with Gasteiger partial charge < -0.3 is 5.32 Å². The van der Waals surface area contributed by atoms with Gasteiger partial charge in [-0.15, -0.1) is 0 Å². The number of fused-ring (bicyclic) bond motifs is 1. The van der Waals surface area contributed by atoms with Crippen LogP contribution in [0.3, 0.4) is 0 Å². The zero-order valence-electron chi connectivity index (χ0n) is 14.9. The number of carbonyl (C=O) groups is 2. The summed E-state index contributed by atoms with van der Waals surface area (Å²) in [5, 5.41) is 9.48. The monoisotopic (exact) mass is 361 g/mol. The van der Waals surface area contributed by atoms with Crippen molar-refractivity contribution >= 4 is 11.7 Å². The molecule has 1 atom stereocenters. The minimum atomic E-state index is -0.292. The molecule has 0 radical (unpaired) electrons. The third kappa shape index (κ3) is 3.48. The molecule has 2 heterocycles. The average molecular weight is 361 g/mol. The van der Waals surface area contributed by atoms with Crippen LogP contribution in [-0.4, -0.2) is 31.9 Å². The molecule has 0 unspecified atom stereocenters. The summed E-state index contributed by atoms with van der Waals surface area (Å²) in [4.78, 5) is 33.1. The zero-order chi connectivity index (χ0) is 18.8. The minimum Gasteiger partial charge on any atom is -0.344 e. The molecule has 0 bridgehead atoms. The van der Waals surface area contributed by atoms with E-state index in [1.54, 1.807) is 0 Å². The molecule has 1 aromatic carbocycles. The molecule has 0 saturated heterocycles. The maximum atomic E-state index is 12.5. The Bertz CT molecular complexity index is 997. The van der Waals surface area contributed by atoms with E-state index in [1.165, 1.54) is 13.0 Å². The molecule has 2 aromatic heterocycles. The van der Waals surface area contributed by atoms with Crippen molar-refractivity contribution in [1.82, 2.24) is 25.5 Å². The van der Waals surface area contributed by atoms with E-state index in [4.69, 9.17) is 4.98 Å². The second-order valence-electron chi connectivity index (χ2n) is 6.60. The normalized spacial score (nSPS) is 15.8. The van der Waals surface area contributed by atoms with Crippen molar-refractivity contribution in [3.05, 3.63) is 65.2 Å². The molecular weight excluding hydrogens is 342 g/mol. The van der Waals surface area contributed by atoms with Crippen molar-refractivity contribution in [1.29, 1.82) is 0 Å². The van der Waals surface area contributed by atoms with Crippen LogP contribution in [-0.2, 0) is 6.42 Å². The zero-order valence-corrected chi connectivity index (χ0v) is 14.9. The summed E-state index contributed by atoms with van der Waals surface area (Å²) in [6.45, 7) is 1.41. The summed E-state index contributed by atoms with van der Waals surface area (Å²) in [5.74, 6) is 0.219. The highest BCUT2D eigenvalue weighted by Gasteiger charge is 2.25. The van der Waals surface area contributed by atoms with Gasteiger partial charge in [0.05, 0.1) is 6.04 Å². The molecule has 27 heavy (non-hydrogen) atoms. The lowest BCUT2D eigenvalue weighted by Crippen LogP contribution is -2.31. The summed E-state index contributed by atoms with van der Waals surface area (Å²) in [7, 11) is 0. The van der Waals surface area contributed by atoms with Crippen LogP contribution in [0.4, 0.5) is 0 Å². The van der Waals surface area contributed by atoms with Gasteiger partial charge in [0.25, 0.3) is 5.91 Å². The van der Waals surface area contributed by atoms with Crippen LogP contribution in [0.5, 0.6) is 0 Å². The van der Waals surface area contributed by atoms with Crippen molar-refractivity contribution < 1.29 is 9.59 Å². The van der Waals surface area contributed by atoms with Gasteiger partial charge in [-0.05, 0) is 25.3 Å². The van der Waals surface area contributed by atoms with E-state index in [2.05, 4.69) is 20.5 Å². The Labute approximate surface area is 156 Å². The van der Waals surface area contributed by atoms with Crippen molar-refractivity contribution in [3.8, 4) is 11.4 Å². The summed E-state index contributed by atoms with van der Waals surface area (Å²) < 4.78 is 0. The molecule has 3 aromatic rings. The molecule has 1 amide bonds. The Hall–Kier alpha value is -3.35. The van der Waals surface area contributed by atoms with Crippen LogP contribution in [0, 0.1) is 0 Å². The Balaban J connectivity index is 1.56. The molecule has 0 saturated carbocycles. The lowest BCUT2D eigenvalue weighted by Gasteiger charge is -2.25. The number of rotatable bonds is 4. The first-order chi connectivity index (χ1) is 13.1. The van der Waals surface area contributed by atoms with E-state index in [-0.39, 0.29) is 29.1 Å². The smallest absolute Gasteiger partial charge is 0.269 e. The quantitative estimate of drug-likeness (QED) is 0.696. The molecule has 1 aliphatic rings. The molecule has 7 heteroatoms. The van der Waals surface area contributed by atoms with Gasteiger partial charge in [0, 0.05) is 29.9 Å². The lowest BCUT2D eigenvalue weighted by atomic mass is 9.92. The van der Waals surface area contributed by atoms with Crippen LogP contribution in [0.1, 0.15) is 58.0 Å². The first-order valence-electron chi connectivity index (χ1n) is 8.90. The number of aromatic nitrogens is 4. The number of amides is 1. The third-order valence-corrected chi connectivity index (χ3v) is 4.70. The van der Waals surface area contributed by atoms with E-state index in [1.807, 2.05) is 36.5 Å². The molecular formula is C20H19N5O2. The average Bonchev–Trinajstić information content (AvgIpc) is 3.19. The maximum Gasteiger partial charge on any atom is 0.269 e. The number of H-pyrrole nitrogens is 1. The number of aryl methyl sites for hydroxylation is 1. The van der Waals surface area contributed by atoms with Crippen molar-refractivity contribution in [2.45, 2.75) is 32.2 Å². The van der Waals surface area contributed by atoms with Crippen LogP contribution in [0.2, 0.25) is 0 Å². The fraction of sp³-hybridized carbons (Fsp3) is 0.250. The largest absolute Gasteiger partial charge is 0.344 e. The number of ketones is 1. The highest BCUT2D eigenvalue weighted by Crippen LogP contribution is 2.29. The molecule has 0 aliphatic heterocycles. The summed E-state index contributed by atoms with van der Waals surface area (Å²) in [5.41, 5.74) is 3.41. The van der Waals surface area contributed by atoms with Crippen LogP contribution < -0.4 is 5.32 Å². The first kappa shape index (κ1) is 17.1. The van der Waals surface area contributed by atoms with E-state index in [0.29, 0.717) is 5.82 Å². The molecule has 136 valence electrons. The second kappa shape index (κ2) is 7.11. The lowest BCUT2D eigenvalue weighted by molar-refractivity contribution is 0.0927. The summed E-state index contributed by atoms with van der Waals surface area (Å²) in [6, 6.07) is 11.2. The van der Waals surface area contributed by atoms with Crippen molar-refractivity contribution in [2.75, 3.05) is 0 Å². The van der Waals surface area contributed by atoms with Crippen LogP contribution in [0.25, 0.3) is 11.4 Å². The highest BCUT2D eigenvalue weighted by atomic mass is 16.2. The standard InChI is InChI=1S/C20H19N5O2/c1-12(26)17-10-18(25-24-17)20(27)23-16-9-5-8-15-14(16)11-21-19(22-15)13-6-3-2-4-7-13/h2-4,6-7,10-11,16H,5,8-9H2,1H3,(H,23,27)(H,24,25)/t16-/m1/s1. The van der Waals surface area contributed by atoms with Crippen LogP contribution in [0.15, 0.2) is 42.6 Å². The number of Topliss-reactive ketones (excluding diaryl/α,β-unsaturated/α-hetero) is 1. The molecule has 0 spiro atoms. The Morgan fingerprint density at radius 1 is 1.22 bits per heavy atom. The SMILES string of the molecule is CC(=O)c1cc(C(=O)N[C@@H]2CCCc3nc(-c4ccccc4)ncc32)[nH]n1. The Morgan fingerprint density at radius 3 is 2.78 bits per heavy atom. The fourth-order valence-electron chi connectivity index (χ4n) is 3.28. The van der Waals surface area contributed by atoms with Gasteiger partial charge in [0.15, 0.2) is 11.6 Å². The van der Waals surface area contributed by atoms with Gasteiger partial charge in [-0.25, -0.2) is 9.97 Å². The number of carbonyl (C=O) groups excluding carboxylic acids is 2. The number of hydrogen-bond acceptors (Lipinski definition) is 5. The minimum absolute atomic E-state index is 0.157.